The van der Waals surface area contributed by atoms with Crippen LogP contribution in [0.5, 0.6) is 0 Å². The first kappa shape index (κ1) is 21.6. The lowest BCUT2D eigenvalue weighted by atomic mass is 9.90. The van der Waals surface area contributed by atoms with E-state index < -0.39 is 0 Å². The van der Waals surface area contributed by atoms with E-state index in [9.17, 15) is 4.79 Å². The molecule has 2 aromatic carbocycles. The van der Waals surface area contributed by atoms with E-state index in [0.717, 1.165) is 56.3 Å². The summed E-state index contributed by atoms with van der Waals surface area (Å²) >= 11 is 1.51. The van der Waals surface area contributed by atoms with E-state index in [2.05, 4.69) is 64.2 Å². The molecule has 31 heavy (non-hydrogen) atoms. The van der Waals surface area contributed by atoms with Crippen molar-refractivity contribution in [1.82, 2.24) is 19.7 Å². The highest BCUT2D eigenvalue weighted by molar-refractivity contribution is 7.99. The highest BCUT2D eigenvalue weighted by atomic mass is 32.2. The molecule has 6 heteroatoms. The molecule has 1 amide bonds. The number of carbonyl (C=O) groups is 1. The summed E-state index contributed by atoms with van der Waals surface area (Å²) in [6, 6.07) is 21.0. The summed E-state index contributed by atoms with van der Waals surface area (Å²) in [7, 11) is 0. The average molecular weight is 435 g/mol. The second-order valence-corrected chi connectivity index (χ2v) is 9.05. The van der Waals surface area contributed by atoms with Crippen molar-refractivity contribution >= 4 is 17.7 Å². The van der Waals surface area contributed by atoms with Crippen molar-refractivity contribution in [2.24, 2.45) is 5.92 Å². The van der Waals surface area contributed by atoms with Gasteiger partial charge in [-0.25, -0.2) is 0 Å². The van der Waals surface area contributed by atoms with E-state index in [4.69, 9.17) is 0 Å². The molecule has 0 saturated carbocycles. The maximum atomic E-state index is 12.8. The van der Waals surface area contributed by atoms with Crippen LogP contribution in [0.3, 0.4) is 0 Å². The standard InChI is InChI=1S/C25H30N4OS/c1-2-29-23(18-21-11-7-4-8-12-21)26-27-25(29)31-19-24(30)28-15-13-22(14-16-28)17-20-9-5-3-6-10-20/h3-12,22H,2,13-19H2,1H3. The molecular weight excluding hydrogens is 404 g/mol. The van der Waals surface area contributed by atoms with E-state index in [1.54, 1.807) is 0 Å². The minimum absolute atomic E-state index is 0.207. The van der Waals surface area contributed by atoms with Gasteiger partial charge in [0.1, 0.15) is 5.82 Å². The third-order valence-corrected chi connectivity index (χ3v) is 6.93. The topological polar surface area (TPSA) is 51.0 Å². The minimum atomic E-state index is 0.207. The molecule has 1 aliphatic rings. The predicted molar refractivity (Wildman–Crippen MR) is 125 cm³/mol. The highest BCUT2D eigenvalue weighted by Gasteiger charge is 2.23. The number of hydrogen-bond donors (Lipinski definition) is 0. The number of likely N-dealkylation sites (tertiary alicyclic amines) is 1. The van der Waals surface area contributed by atoms with E-state index in [1.165, 1.54) is 22.9 Å². The molecule has 0 unspecified atom stereocenters. The molecule has 162 valence electrons. The van der Waals surface area contributed by atoms with Gasteiger partial charge in [0.15, 0.2) is 5.16 Å². The van der Waals surface area contributed by atoms with Gasteiger partial charge in [0.05, 0.1) is 5.75 Å². The summed E-state index contributed by atoms with van der Waals surface area (Å²) in [4.78, 5) is 14.8. The molecule has 0 spiro atoms. The molecule has 0 bridgehead atoms. The van der Waals surface area contributed by atoms with Crippen LogP contribution >= 0.6 is 11.8 Å². The van der Waals surface area contributed by atoms with Gasteiger partial charge in [0.25, 0.3) is 0 Å². The zero-order valence-electron chi connectivity index (χ0n) is 18.1. The van der Waals surface area contributed by atoms with Gasteiger partial charge in [-0.15, -0.1) is 10.2 Å². The normalized spacial score (nSPS) is 14.7. The second-order valence-electron chi connectivity index (χ2n) is 8.11. The Kier molecular flexibility index (Phi) is 7.41. The number of rotatable bonds is 8. The van der Waals surface area contributed by atoms with Crippen LogP contribution < -0.4 is 0 Å². The lowest BCUT2D eigenvalue weighted by Gasteiger charge is -2.32. The van der Waals surface area contributed by atoms with Crippen LogP contribution in [0.4, 0.5) is 0 Å². The second kappa shape index (κ2) is 10.6. The summed E-state index contributed by atoms with van der Waals surface area (Å²) in [6.45, 7) is 4.62. The van der Waals surface area contributed by atoms with E-state index in [1.807, 2.05) is 23.1 Å². The van der Waals surface area contributed by atoms with Gasteiger partial charge in [-0.05, 0) is 43.2 Å². The summed E-state index contributed by atoms with van der Waals surface area (Å²) < 4.78 is 2.12. The minimum Gasteiger partial charge on any atom is -0.342 e. The van der Waals surface area contributed by atoms with Crippen LogP contribution in [0.25, 0.3) is 0 Å². The fourth-order valence-electron chi connectivity index (χ4n) is 4.20. The number of benzene rings is 2. The Labute approximate surface area is 188 Å². The van der Waals surface area contributed by atoms with Crippen LogP contribution in [0, 0.1) is 5.92 Å². The zero-order chi connectivity index (χ0) is 21.5. The Balaban J connectivity index is 1.27. The zero-order valence-corrected chi connectivity index (χ0v) is 18.9. The summed E-state index contributed by atoms with van der Waals surface area (Å²) in [5.74, 6) is 2.25. The number of aromatic nitrogens is 3. The molecule has 3 aromatic rings. The van der Waals surface area contributed by atoms with Crippen LogP contribution in [0.1, 0.15) is 36.7 Å². The Bertz CT molecular complexity index is 966. The maximum absolute atomic E-state index is 12.8. The maximum Gasteiger partial charge on any atom is 0.233 e. The Morgan fingerprint density at radius 1 is 0.968 bits per heavy atom. The van der Waals surface area contributed by atoms with Gasteiger partial charge in [-0.3, -0.25) is 4.79 Å². The molecular formula is C25H30N4OS. The van der Waals surface area contributed by atoms with Crippen molar-refractivity contribution in [2.75, 3.05) is 18.8 Å². The van der Waals surface area contributed by atoms with Gasteiger partial charge < -0.3 is 9.47 Å². The quantitative estimate of drug-likeness (QED) is 0.491. The first-order valence-electron chi connectivity index (χ1n) is 11.1. The first-order valence-corrected chi connectivity index (χ1v) is 12.1. The summed E-state index contributed by atoms with van der Waals surface area (Å²) in [6.07, 6.45) is 4.03. The highest BCUT2D eigenvalue weighted by Crippen LogP contribution is 2.24. The molecule has 1 saturated heterocycles. The Morgan fingerprint density at radius 3 is 2.26 bits per heavy atom. The molecule has 5 nitrogen and oxygen atoms in total. The van der Waals surface area contributed by atoms with Crippen molar-refractivity contribution < 1.29 is 4.79 Å². The van der Waals surface area contributed by atoms with E-state index in [0.29, 0.717) is 11.7 Å². The molecule has 1 fully saturated rings. The number of thioether (sulfide) groups is 1. The van der Waals surface area contributed by atoms with Crippen molar-refractivity contribution in [3.8, 4) is 0 Å². The smallest absolute Gasteiger partial charge is 0.233 e. The summed E-state index contributed by atoms with van der Waals surface area (Å²) in [5, 5.41) is 9.59. The molecule has 0 N–H and O–H groups in total. The van der Waals surface area contributed by atoms with Crippen molar-refractivity contribution in [3.63, 3.8) is 0 Å². The number of hydrogen-bond acceptors (Lipinski definition) is 4. The van der Waals surface area contributed by atoms with Gasteiger partial charge >= 0.3 is 0 Å². The molecule has 1 aliphatic heterocycles. The number of piperidine rings is 1. The van der Waals surface area contributed by atoms with Crippen LogP contribution in [-0.4, -0.2) is 44.4 Å². The molecule has 0 atom stereocenters. The molecule has 4 rings (SSSR count). The average Bonchev–Trinajstić information content (AvgIpc) is 3.20. The third kappa shape index (κ3) is 5.76. The Hall–Kier alpha value is -2.60. The molecule has 0 aliphatic carbocycles. The van der Waals surface area contributed by atoms with Crippen LogP contribution in [0.15, 0.2) is 65.8 Å². The van der Waals surface area contributed by atoms with Crippen molar-refractivity contribution in [2.45, 2.75) is 44.3 Å². The predicted octanol–water partition coefficient (Wildman–Crippen LogP) is 4.46. The van der Waals surface area contributed by atoms with Gasteiger partial charge in [-0.1, -0.05) is 72.4 Å². The van der Waals surface area contributed by atoms with E-state index in [-0.39, 0.29) is 5.91 Å². The SMILES string of the molecule is CCn1c(Cc2ccccc2)nnc1SCC(=O)N1CCC(Cc2ccccc2)CC1. The lowest BCUT2D eigenvalue weighted by Crippen LogP contribution is -2.39. The van der Waals surface area contributed by atoms with Crippen molar-refractivity contribution in [3.05, 3.63) is 77.6 Å². The van der Waals surface area contributed by atoms with E-state index >= 15 is 0 Å². The molecule has 0 radical (unpaired) electrons. The van der Waals surface area contributed by atoms with Crippen LogP contribution in [-0.2, 0) is 24.2 Å². The number of amides is 1. The largest absolute Gasteiger partial charge is 0.342 e. The van der Waals surface area contributed by atoms with Gasteiger partial charge in [0, 0.05) is 26.1 Å². The third-order valence-electron chi connectivity index (χ3n) is 5.97. The molecule has 2 heterocycles. The van der Waals surface area contributed by atoms with Crippen molar-refractivity contribution in [1.29, 1.82) is 0 Å². The molecule has 1 aromatic heterocycles. The summed E-state index contributed by atoms with van der Waals surface area (Å²) in [5.41, 5.74) is 2.61. The monoisotopic (exact) mass is 434 g/mol. The van der Waals surface area contributed by atoms with Gasteiger partial charge in [-0.2, -0.15) is 0 Å². The first-order chi connectivity index (χ1) is 15.2. The fraction of sp³-hybridized carbons (Fsp3) is 0.400. The van der Waals surface area contributed by atoms with Gasteiger partial charge in [0.2, 0.25) is 5.91 Å². The number of nitrogens with zero attached hydrogens (tertiary/aromatic N) is 4. The number of carbonyl (C=O) groups excluding carboxylic acids is 1. The Morgan fingerprint density at radius 2 is 1.61 bits per heavy atom. The lowest BCUT2D eigenvalue weighted by molar-refractivity contribution is -0.129. The van der Waals surface area contributed by atoms with Crippen LogP contribution in [0.2, 0.25) is 0 Å². The fourth-order valence-corrected chi connectivity index (χ4v) is 5.13.